The summed E-state index contributed by atoms with van der Waals surface area (Å²) in [5.74, 6) is -0.385. The molecule has 0 atom stereocenters. The molecule has 1 saturated heterocycles. The molecule has 1 aliphatic heterocycles. The molecule has 2 nitrogen and oxygen atoms in total. The molecular formula is C19H28O2. The van der Waals surface area contributed by atoms with Gasteiger partial charge in [0.05, 0.1) is 13.2 Å². The van der Waals surface area contributed by atoms with Crippen LogP contribution in [0, 0.1) is 0 Å². The van der Waals surface area contributed by atoms with E-state index in [0.29, 0.717) is 0 Å². The second-order valence-corrected chi connectivity index (χ2v) is 8.58. The van der Waals surface area contributed by atoms with Crippen LogP contribution in [0.1, 0.15) is 63.8 Å². The molecule has 1 fully saturated rings. The maximum atomic E-state index is 6.00. The predicted molar refractivity (Wildman–Crippen MR) is 85.9 cm³/mol. The summed E-state index contributed by atoms with van der Waals surface area (Å²) in [6, 6.07) is 4.65. The van der Waals surface area contributed by atoms with E-state index in [1.807, 2.05) is 0 Å². The Morgan fingerprint density at radius 3 is 1.48 bits per heavy atom. The van der Waals surface area contributed by atoms with Crippen molar-refractivity contribution >= 4 is 0 Å². The molecular weight excluding hydrogens is 260 g/mol. The molecule has 116 valence electrons. The molecule has 0 amide bonds. The van der Waals surface area contributed by atoms with Crippen LogP contribution in [0.4, 0.5) is 0 Å². The van der Waals surface area contributed by atoms with Crippen LogP contribution in [0.2, 0.25) is 0 Å². The van der Waals surface area contributed by atoms with E-state index >= 15 is 0 Å². The molecule has 1 heterocycles. The number of hydrogen-bond donors (Lipinski definition) is 0. The summed E-state index contributed by atoms with van der Waals surface area (Å²) in [7, 11) is 0. The van der Waals surface area contributed by atoms with Crippen LogP contribution in [0.5, 0.6) is 0 Å². The van der Waals surface area contributed by atoms with Crippen LogP contribution in [0.25, 0.3) is 0 Å². The maximum Gasteiger partial charge on any atom is 0.176 e. The van der Waals surface area contributed by atoms with Gasteiger partial charge in [0.1, 0.15) is 0 Å². The molecule has 1 aromatic rings. The molecule has 0 radical (unpaired) electrons. The fraction of sp³-hybridized carbons (Fsp3) is 0.684. The van der Waals surface area contributed by atoms with Crippen molar-refractivity contribution in [1.82, 2.24) is 0 Å². The third-order valence-corrected chi connectivity index (χ3v) is 4.75. The van der Waals surface area contributed by atoms with Crippen LogP contribution >= 0.6 is 0 Å². The Labute approximate surface area is 128 Å². The Balaban J connectivity index is 2.15. The van der Waals surface area contributed by atoms with E-state index in [4.69, 9.17) is 9.47 Å². The number of ether oxygens (including phenoxy) is 2. The molecule has 2 heteroatoms. The Bertz CT molecular complexity index is 507. The minimum atomic E-state index is -0.385. The molecule has 2 aliphatic rings. The number of hydrogen-bond acceptors (Lipinski definition) is 2. The number of benzene rings is 1. The molecule has 21 heavy (non-hydrogen) atoms. The van der Waals surface area contributed by atoms with E-state index < -0.39 is 0 Å². The highest BCUT2D eigenvalue weighted by Crippen LogP contribution is 2.45. The largest absolute Gasteiger partial charge is 0.347 e. The highest BCUT2D eigenvalue weighted by molar-refractivity contribution is 5.50. The first kappa shape index (κ1) is 15.1. The highest BCUT2D eigenvalue weighted by atomic mass is 16.7. The van der Waals surface area contributed by atoms with Crippen LogP contribution < -0.4 is 0 Å². The summed E-state index contributed by atoms with van der Waals surface area (Å²) < 4.78 is 12.0. The molecule has 3 rings (SSSR count). The highest BCUT2D eigenvalue weighted by Gasteiger charge is 2.45. The quantitative estimate of drug-likeness (QED) is 0.715. The Morgan fingerprint density at radius 2 is 1.14 bits per heavy atom. The van der Waals surface area contributed by atoms with Crippen molar-refractivity contribution in [3.63, 3.8) is 0 Å². The van der Waals surface area contributed by atoms with Crippen molar-refractivity contribution in [2.75, 3.05) is 13.2 Å². The standard InChI is InChI=1S/C19H28O2/c1-17(2,3)15-7-8-16(18(4,5)6)14-12-19(11-13(14)15)20-9-10-21-19/h7-8H,9-12H2,1-6H3. The summed E-state index contributed by atoms with van der Waals surface area (Å²) in [5, 5.41) is 0. The summed E-state index contributed by atoms with van der Waals surface area (Å²) in [6.45, 7) is 15.2. The Morgan fingerprint density at radius 1 is 0.762 bits per heavy atom. The lowest BCUT2D eigenvalue weighted by Gasteiger charge is -2.28. The van der Waals surface area contributed by atoms with Gasteiger partial charge in [0.2, 0.25) is 0 Å². The average molecular weight is 288 g/mol. The zero-order valence-electron chi connectivity index (χ0n) is 14.3. The van der Waals surface area contributed by atoms with Crippen molar-refractivity contribution in [2.24, 2.45) is 0 Å². The van der Waals surface area contributed by atoms with Crippen molar-refractivity contribution < 1.29 is 9.47 Å². The normalized spacial score (nSPS) is 21.0. The van der Waals surface area contributed by atoms with Crippen molar-refractivity contribution in [1.29, 1.82) is 0 Å². The van der Waals surface area contributed by atoms with E-state index in [9.17, 15) is 0 Å². The average Bonchev–Trinajstić information content (AvgIpc) is 2.92. The molecule has 1 aliphatic carbocycles. The lowest BCUT2D eigenvalue weighted by Crippen LogP contribution is -2.31. The van der Waals surface area contributed by atoms with Crippen LogP contribution in [0.15, 0.2) is 12.1 Å². The first-order valence-electron chi connectivity index (χ1n) is 8.06. The molecule has 1 aromatic carbocycles. The first-order chi connectivity index (χ1) is 9.62. The van der Waals surface area contributed by atoms with Gasteiger partial charge in [-0.15, -0.1) is 0 Å². The monoisotopic (exact) mass is 288 g/mol. The van der Waals surface area contributed by atoms with Gasteiger partial charge in [0.25, 0.3) is 0 Å². The van der Waals surface area contributed by atoms with E-state index in [0.717, 1.165) is 26.1 Å². The van der Waals surface area contributed by atoms with E-state index in [1.54, 1.807) is 0 Å². The van der Waals surface area contributed by atoms with Crippen LogP contribution in [0.3, 0.4) is 0 Å². The summed E-state index contributed by atoms with van der Waals surface area (Å²) in [5.41, 5.74) is 6.14. The molecule has 0 aromatic heterocycles. The maximum absolute atomic E-state index is 6.00. The van der Waals surface area contributed by atoms with Gasteiger partial charge in [-0.2, -0.15) is 0 Å². The zero-order valence-corrected chi connectivity index (χ0v) is 14.3. The molecule has 0 N–H and O–H groups in total. The first-order valence-corrected chi connectivity index (χ1v) is 8.06. The summed E-state index contributed by atoms with van der Waals surface area (Å²) >= 11 is 0. The van der Waals surface area contributed by atoms with Gasteiger partial charge in [0, 0.05) is 12.8 Å². The SMILES string of the molecule is CC(C)(C)c1ccc(C(C)(C)C)c2c1CC1(C2)OCCO1. The fourth-order valence-electron chi connectivity index (χ4n) is 3.80. The molecule has 1 spiro atoms. The topological polar surface area (TPSA) is 18.5 Å². The van der Waals surface area contributed by atoms with E-state index in [2.05, 4.69) is 53.7 Å². The van der Waals surface area contributed by atoms with Crippen LogP contribution in [-0.4, -0.2) is 19.0 Å². The van der Waals surface area contributed by atoms with Gasteiger partial charge in [-0.25, -0.2) is 0 Å². The van der Waals surface area contributed by atoms with E-state index in [-0.39, 0.29) is 16.6 Å². The van der Waals surface area contributed by atoms with Gasteiger partial charge in [0.15, 0.2) is 5.79 Å². The zero-order chi connectivity index (χ0) is 15.5. The summed E-state index contributed by atoms with van der Waals surface area (Å²) in [4.78, 5) is 0. The smallest absolute Gasteiger partial charge is 0.176 e. The molecule has 0 unspecified atom stereocenters. The number of rotatable bonds is 0. The number of fused-ring (bicyclic) bond motifs is 1. The second kappa shape index (κ2) is 4.57. The fourth-order valence-corrected chi connectivity index (χ4v) is 3.80. The third kappa shape index (κ3) is 2.53. The molecule has 0 bridgehead atoms. The van der Waals surface area contributed by atoms with Crippen molar-refractivity contribution in [2.45, 2.75) is 71.0 Å². The lowest BCUT2D eigenvalue weighted by molar-refractivity contribution is -0.147. The van der Waals surface area contributed by atoms with Crippen molar-refractivity contribution in [3.05, 3.63) is 34.4 Å². The third-order valence-electron chi connectivity index (χ3n) is 4.75. The van der Waals surface area contributed by atoms with Gasteiger partial charge in [-0.05, 0) is 33.1 Å². The Hall–Kier alpha value is -0.860. The van der Waals surface area contributed by atoms with Gasteiger partial charge >= 0.3 is 0 Å². The predicted octanol–water partition coefficient (Wildman–Crippen LogP) is 4.12. The van der Waals surface area contributed by atoms with Crippen LogP contribution in [-0.2, 0) is 33.1 Å². The van der Waals surface area contributed by atoms with Gasteiger partial charge in [-0.3, -0.25) is 0 Å². The second-order valence-electron chi connectivity index (χ2n) is 8.58. The van der Waals surface area contributed by atoms with Gasteiger partial charge < -0.3 is 9.47 Å². The Kier molecular flexibility index (Phi) is 3.27. The lowest BCUT2D eigenvalue weighted by atomic mass is 9.77. The van der Waals surface area contributed by atoms with Crippen molar-refractivity contribution in [3.8, 4) is 0 Å². The van der Waals surface area contributed by atoms with E-state index in [1.165, 1.54) is 22.3 Å². The molecule has 0 saturated carbocycles. The summed E-state index contributed by atoms with van der Waals surface area (Å²) in [6.07, 6.45) is 1.80. The van der Waals surface area contributed by atoms with Gasteiger partial charge in [-0.1, -0.05) is 53.7 Å². The minimum Gasteiger partial charge on any atom is -0.347 e. The minimum absolute atomic E-state index is 0.157.